The summed E-state index contributed by atoms with van der Waals surface area (Å²) in [5.41, 5.74) is 0.995. The zero-order chi connectivity index (χ0) is 14.5. The van der Waals surface area contributed by atoms with E-state index in [1.54, 1.807) is 0 Å². The van der Waals surface area contributed by atoms with E-state index in [9.17, 15) is 0 Å². The number of nitrogens with one attached hydrogen (secondary N) is 1. The molecule has 106 valence electrons. The van der Waals surface area contributed by atoms with Crippen LogP contribution in [0.2, 0.25) is 0 Å². The third-order valence-electron chi connectivity index (χ3n) is 2.78. The number of anilines is 1. The maximum absolute atomic E-state index is 5.92. The molecule has 5 heteroatoms. The van der Waals surface area contributed by atoms with Crippen LogP contribution >= 0.6 is 15.9 Å². The van der Waals surface area contributed by atoms with E-state index in [2.05, 4.69) is 45.1 Å². The Balaban J connectivity index is 2.38. The Morgan fingerprint density at radius 2 is 2.10 bits per heavy atom. The van der Waals surface area contributed by atoms with Crippen LogP contribution in [0.1, 0.15) is 32.3 Å². The van der Waals surface area contributed by atoms with Gasteiger partial charge in [-0.2, -0.15) is 0 Å². The Morgan fingerprint density at radius 3 is 2.75 bits per heavy atom. The highest BCUT2D eigenvalue weighted by molar-refractivity contribution is 9.10. The van der Waals surface area contributed by atoms with Crippen molar-refractivity contribution in [2.75, 3.05) is 11.9 Å². The van der Waals surface area contributed by atoms with Crippen molar-refractivity contribution < 1.29 is 4.74 Å². The summed E-state index contributed by atoms with van der Waals surface area (Å²) in [7, 11) is 0. The zero-order valence-corrected chi connectivity index (χ0v) is 13.4. The molecule has 2 aromatic rings. The summed E-state index contributed by atoms with van der Waals surface area (Å²) in [6.07, 6.45) is 1.52. The largest absolute Gasteiger partial charge is 0.438 e. The van der Waals surface area contributed by atoms with Crippen molar-refractivity contribution in [2.45, 2.75) is 26.7 Å². The van der Waals surface area contributed by atoms with Crippen LogP contribution in [0.4, 0.5) is 5.82 Å². The van der Waals surface area contributed by atoms with E-state index >= 15 is 0 Å². The number of rotatable bonds is 5. The van der Waals surface area contributed by atoms with E-state index in [0.29, 0.717) is 5.88 Å². The van der Waals surface area contributed by atoms with E-state index in [0.717, 1.165) is 28.1 Å². The van der Waals surface area contributed by atoms with E-state index < -0.39 is 0 Å². The minimum Gasteiger partial charge on any atom is -0.438 e. The first-order valence-electron chi connectivity index (χ1n) is 6.64. The molecule has 0 aliphatic heterocycles. The molecule has 1 aromatic carbocycles. The molecule has 0 amide bonds. The van der Waals surface area contributed by atoms with E-state index in [4.69, 9.17) is 4.74 Å². The number of aromatic nitrogens is 2. The van der Waals surface area contributed by atoms with Crippen LogP contribution in [0.25, 0.3) is 0 Å². The van der Waals surface area contributed by atoms with Gasteiger partial charge in [0, 0.05) is 11.0 Å². The van der Waals surface area contributed by atoms with Crippen molar-refractivity contribution in [3.63, 3.8) is 0 Å². The van der Waals surface area contributed by atoms with Crippen molar-refractivity contribution in [1.29, 1.82) is 0 Å². The van der Waals surface area contributed by atoms with Gasteiger partial charge in [-0.1, -0.05) is 35.8 Å². The lowest BCUT2D eigenvalue weighted by Gasteiger charge is -2.16. The lowest BCUT2D eigenvalue weighted by molar-refractivity contribution is 0.451. The van der Waals surface area contributed by atoms with Gasteiger partial charge in [0.15, 0.2) is 0 Å². The van der Waals surface area contributed by atoms with Crippen LogP contribution in [0.5, 0.6) is 11.6 Å². The minimum atomic E-state index is 0.271. The van der Waals surface area contributed by atoms with Gasteiger partial charge in [0.2, 0.25) is 5.88 Å². The van der Waals surface area contributed by atoms with Gasteiger partial charge in [-0.3, -0.25) is 0 Å². The molecule has 2 rings (SSSR count). The smallest absolute Gasteiger partial charge is 0.227 e. The number of hydrogen-bond donors (Lipinski definition) is 1. The van der Waals surface area contributed by atoms with Gasteiger partial charge < -0.3 is 10.1 Å². The van der Waals surface area contributed by atoms with Gasteiger partial charge in [0.05, 0.1) is 5.56 Å². The van der Waals surface area contributed by atoms with Gasteiger partial charge >= 0.3 is 0 Å². The molecule has 0 aliphatic rings. The highest BCUT2D eigenvalue weighted by Gasteiger charge is 2.16. The molecular formula is C15H18BrN3O. The van der Waals surface area contributed by atoms with Crippen molar-refractivity contribution in [3.8, 4) is 11.6 Å². The predicted octanol–water partition coefficient (Wildman–Crippen LogP) is 4.59. The summed E-state index contributed by atoms with van der Waals surface area (Å²) in [5, 5.41) is 3.25. The fraction of sp³-hybridized carbons (Fsp3) is 0.333. The first-order valence-corrected chi connectivity index (χ1v) is 7.43. The van der Waals surface area contributed by atoms with E-state index in [1.807, 2.05) is 31.2 Å². The third kappa shape index (κ3) is 3.48. The van der Waals surface area contributed by atoms with Gasteiger partial charge in [-0.25, -0.2) is 9.97 Å². The molecule has 1 heterocycles. The van der Waals surface area contributed by atoms with Crippen LogP contribution in [0.15, 0.2) is 35.1 Å². The topological polar surface area (TPSA) is 47.0 Å². The van der Waals surface area contributed by atoms with Crippen LogP contribution < -0.4 is 10.1 Å². The Labute approximate surface area is 127 Å². The molecule has 4 nitrogen and oxygen atoms in total. The van der Waals surface area contributed by atoms with Gasteiger partial charge in [0.1, 0.15) is 17.9 Å². The number of nitrogens with zero attached hydrogens (tertiary/aromatic N) is 2. The molecule has 0 saturated heterocycles. The average Bonchev–Trinajstić information content (AvgIpc) is 2.39. The summed E-state index contributed by atoms with van der Waals surface area (Å²) in [5.74, 6) is 2.46. The van der Waals surface area contributed by atoms with Gasteiger partial charge in [-0.15, -0.1) is 0 Å². The highest BCUT2D eigenvalue weighted by Crippen LogP contribution is 2.33. The monoisotopic (exact) mass is 335 g/mol. The second kappa shape index (κ2) is 6.70. The summed E-state index contributed by atoms with van der Waals surface area (Å²) in [6.45, 7) is 7.06. The molecule has 0 spiro atoms. The molecule has 0 saturated carbocycles. The summed E-state index contributed by atoms with van der Waals surface area (Å²) < 4.78 is 6.89. The first kappa shape index (κ1) is 14.8. The van der Waals surface area contributed by atoms with Crippen molar-refractivity contribution in [1.82, 2.24) is 9.97 Å². The van der Waals surface area contributed by atoms with Crippen molar-refractivity contribution in [3.05, 3.63) is 40.6 Å². The zero-order valence-electron chi connectivity index (χ0n) is 11.9. The Morgan fingerprint density at radius 1 is 1.30 bits per heavy atom. The van der Waals surface area contributed by atoms with Crippen LogP contribution in [0, 0.1) is 0 Å². The second-order valence-electron chi connectivity index (χ2n) is 4.69. The molecule has 0 fully saturated rings. The molecule has 20 heavy (non-hydrogen) atoms. The number of benzene rings is 1. The average molecular weight is 336 g/mol. The number of hydrogen-bond acceptors (Lipinski definition) is 4. The second-order valence-corrected chi connectivity index (χ2v) is 5.60. The number of ether oxygens (including phenoxy) is 1. The lowest BCUT2D eigenvalue weighted by Crippen LogP contribution is -2.07. The van der Waals surface area contributed by atoms with E-state index in [-0.39, 0.29) is 5.92 Å². The molecule has 0 atom stereocenters. The fourth-order valence-corrected chi connectivity index (χ4v) is 2.31. The van der Waals surface area contributed by atoms with Gasteiger partial charge in [0.25, 0.3) is 0 Å². The molecule has 0 radical (unpaired) electrons. The minimum absolute atomic E-state index is 0.271. The highest BCUT2D eigenvalue weighted by atomic mass is 79.9. The first-order chi connectivity index (χ1) is 9.61. The molecule has 0 bridgehead atoms. The Hall–Kier alpha value is -1.62. The third-order valence-corrected chi connectivity index (χ3v) is 3.27. The molecule has 0 unspecified atom stereocenters. The van der Waals surface area contributed by atoms with Crippen molar-refractivity contribution in [2.24, 2.45) is 0 Å². The van der Waals surface area contributed by atoms with Crippen LogP contribution in [0.3, 0.4) is 0 Å². The quantitative estimate of drug-likeness (QED) is 0.868. The normalized spacial score (nSPS) is 10.7. The fourth-order valence-electron chi connectivity index (χ4n) is 1.93. The van der Waals surface area contributed by atoms with E-state index in [1.165, 1.54) is 6.33 Å². The Bertz CT molecular complexity index is 587. The molecule has 1 aromatic heterocycles. The van der Waals surface area contributed by atoms with Crippen molar-refractivity contribution >= 4 is 21.7 Å². The van der Waals surface area contributed by atoms with Gasteiger partial charge in [-0.05, 0) is 31.0 Å². The van der Waals surface area contributed by atoms with Crippen LogP contribution in [-0.4, -0.2) is 16.5 Å². The maximum atomic E-state index is 5.92. The standard InChI is InChI=1S/C15H18BrN3O/c1-4-17-14-13(10(2)3)15(19-9-18-14)20-12-7-5-6-11(16)8-12/h5-10H,4H2,1-3H3,(H,17,18,19). The molecule has 0 aliphatic carbocycles. The summed E-state index contributed by atoms with van der Waals surface area (Å²) in [6, 6.07) is 7.71. The maximum Gasteiger partial charge on any atom is 0.227 e. The summed E-state index contributed by atoms with van der Waals surface area (Å²) in [4.78, 5) is 8.58. The predicted molar refractivity (Wildman–Crippen MR) is 84.5 cm³/mol. The molecule has 1 N–H and O–H groups in total. The SMILES string of the molecule is CCNc1ncnc(Oc2cccc(Br)c2)c1C(C)C. The Kier molecular flexibility index (Phi) is 4.95. The van der Waals surface area contributed by atoms with Crippen LogP contribution in [-0.2, 0) is 0 Å². The summed E-state index contributed by atoms with van der Waals surface area (Å²) >= 11 is 3.44. The number of halogens is 1. The molecular weight excluding hydrogens is 318 g/mol. The lowest BCUT2D eigenvalue weighted by atomic mass is 10.1.